The Kier molecular flexibility index (Phi) is 4.95. The van der Waals surface area contributed by atoms with Crippen molar-refractivity contribution in [3.8, 4) is 0 Å². The lowest BCUT2D eigenvalue weighted by molar-refractivity contribution is 0.0746. The Balaban J connectivity index is 1.39. The van der Waals surface area contributed by atoms with E-state index in [9.17, 15) is 4.79 Å². The van der Waals surface area contributed by atoms with Crippen molar-refractivity contribution in [3.63, 3.8) is 0 Å². The maximum atomic E-state index is 12.5. The molecule has 7 nitrogen and oxygen atoms in total. The van der Waals surface area contributed by atoms with Crippen LogP contribution >= 0.6 is 0 Å². The summed E-state index contributed by atoms with van der Waals surface area (Å²) < 4.78 is 0. The molecule has 4 heterocycles. The molecule has 2 aromatic heterocycles. The van der Waals surface area contributed by atoms with Crippen LogP contribution in [0.2, 0.25) is 0 Å². The van der Waals surface area contributed by atoms with E-state index in [1.165, 1.54) is 19.3 Å². The van der Waals surface area contributed by atoms with E-state index >= 15 is 0 Å². The van der Waals surface area contributed by atoms with Gasteiger partial charge in [0.05, 0.1) is 5.56 Å². The van der Waals surface area contributed by atoms with Crippen molar-refractivity contribution in [2.75, 3.05) is 49.1 Å². The molecule has 2 saturated heterocycles. The van der Waals surface area contributed by atoms with Crippen LogP contribution in [-0.4, -0.2) is 65.0 Å². The molecule has 2 aliphatic rings. The number of hydrogen-bond donors (Lipinski definition) is 0. The molecular formula is C19H24N6O. The molecule has 1 amide bonds. The van der Waals surface area contributed by atoms with Crippen molar-refractivity contribution < 1.29 is 4.79 Å². The number of piperazine rings is 1. The quantitative estimate of drug-likeness (QED) is 0.840. The summed E-state index contributed by atoms with van der Waals surface area (Å²) in [6.45, 7) is 5.09. The van der Waals surface area contributed by atoms with E-state index in [1.807, 2.05) is 11.0 Å². The topological polar surface area (TPSA) is 65.5 Å². The summed E-state index contributed by atoms with van der Waals surface area (Å²) in [5.74, 6) is 2.02. The Morgan fingerprint density at radius 1 is 0.885 bits per heavy atom. The van der Waals surface area contributed by atoms with Gasteiger partial charge in [0.15, 0.2) is 0 Å². The number of amides is 1. The molecule has 0 radical (unpaired) electrons. The van der Waals surface area contributed by atoms with E-state index in [2.05, 4.69) is 30.8 Å². The van der Waals surface area contributed by atoms with Crippen molar-refractivity contribution in [2.45, 2.75) is 19.3 Å². The average molecular weight is 352 g/mol. The minimum absolute atomic E-state index is 0.0504. The monoisotopic (exact) mass is 352 g/mol. The van der Waals surface area contributed by atoms with Gasteiger partial charge in [-0.05, 0) is 31.4 Å². The second-order valence-corrected chi connectivity index (χ2v) is 6.80. The Morgan fingerprint density at radius 3 is 2.23 bits per heavy atom. The molecule has 0 N–H and O–H groups in total. The molecule has 0 atom stereocenters. The predicted octanol–water partition coefficient (Wildman–Crippen LogP) is 1.82. The van der Waals surface area contributed by atoms with Crippen molar-refractivity contribution in [3.05, 3.63) is 42.5 Å². The van der Waals surface area contributed by atoms with Crippen LogP contribution in [-0.2, 0) is 0 Å². The van der Waals surface area contributed by atoms with E-state index in [0.29, 0.717) is 18.7 Å². The number of piperidine rings is 1. The summed E-state index contributed by atoms with van der Waals surface area (Å²) in [6.07, 6.45) is 8.74. The number of anilines is 2. The molecular weight excluding hydrogens is 328 g/mol. The van der Waals surface area contributed by atoms with Gasteiger partial charge in [0.25, 0.3) is 5.91 Å². The molecule has 2 aliphatic heterocycles. The number of nitrogens with zero attached hydrogens (tertiary/aromatic N) is 6. The van der Waals surface area contributed by atoms with Gasteiger partial charge >= 0.3 is 0 Å². The third kappa shape index (κ3) is 3.61. The van der Waals surface area contributed by atoms with Gasteiger partial charge in [0.1, 0.15) is 18.0 Å². The van der Waals surface area contributed by atoms with Gasteiger partial charge in [-0.2, -0.15) is 0 Å². The number of aromatic nitrogens is 3. The highest BCUT2D eigenvalue weighted by molar-refractivity contribution is 5.94. The summed E-state index contributed by atoms with van der Waals surface area (Å²) in [5, 5.41) is 0. The molecule has 0 spiro atoms. The van der Waals surface area contributed by atoms with E-state index in [4.69, 9.17) is 0 Å². The van der Waals surface area contributed by atoms with Crippen molar-refractivity contribution in [2.24, 2.45) is 0 Å². The van der Waals surface area contributed by atoms with Crippen molar-refractivity contribution in [1.82, 2.24) is 19.9 Å². The number of rotatable bonds is 3. The molecule has 136 valence electrons. The summed E-state index contributed by atoms with van der Waals surface area (Å²) in [4.78, 5) is 32.0. The molecule has 26 heavy (non-hydrogen) atoms. The fraction of sp³-hybridized carbons (Fsp3) is 0.474. The maximum Gasteiger partial charge on any atom is 0.255 e. The zero-order valence-corrected chi connectivity index (χ0v) is 14.9. The number of carbonyl (C=O) groups excluding carboxylic acids is 1. The molecule has 0 unspecified atom stereocenters. The first kappa shape index (κ1) is 16.8. The fourth-order valence-electron chi connectivity index (χ4n) is 3.62. The SMILES string of the molecule is O=C(c1cccnc1)N1CCN(c2cc(N3CCCCC3)ncn2)CC1. The Labute approximate surface area is 153 Å². The van der Waals surface area contributed by atoms with E-state index in [-0.39, 0.29) is 5.91 Å². The van der Waals surface area contributed by atoms with Crippen LogP contribution in [0.1, 0.15) is 29.6 Å². The minimum Gasteiger partial charge on any atom is -0.356 e. The molecule has 7 heteroatoms. The smallest absolute Gasteiger partial charge is 0.255 e. The van der Waals surface area contributed by atoms with Gasteiger partial charge in [-0.1, -0.05) is 0 Å². The predicted molar refractivity (Wildman–Crippen MR) is 100 cm³/mol. The van der Waals surface area contributed by atoms with Crippen LogP contribution in [0.15, 0.2) is 36.9 Å². The highest BCUT2D eigenvalue weighted by atomic mass is 16.2. The van der Waals surface area contributed by atoms with Gasteiger partial charge < -0.3 is 14.7 Å². The summed E-state index contributed by atoms with van der Waals surface area (Å²) >= 11 is 0. The molecule has 0 saturated carbocycles. The molecule has 0 aliphatic carbocycles. The fourth-order valence-corrected chi connectivity index (χ4v) is 3.62. The van der Waals surface area contributed by atoms with Crippen molar-refractivity contribution >= 4 is 17.5 Å². The lowest BCUT2D eigenvalue weighted by Gasteiger charge is -2.36. The van der Waals surface area contributed by atoms with Crippen LogP contribution in [0.3, 0.4) is 0 Å². The molecule has 2 aromatic rings. The normalized spacial score (nSPS) is 18.1. The highest BCUT2D eigenvalue weighted by Crippen LogP contribution is 2.22. The Hall–Kier alpha value is -2.70. The lowest BCUT2D eigenvalue weighted by atomic mass is 10.1. The first-order valence-electron chi connectivity index (χ1n) is 9.32. The Bertz CT molecular complexity index is 739. The van der Waals surface area contributed by atoms with Gasteiger partial charge in [-0.15, -0.1) is 0 Å². The molecule has 2 fully saturated rings. The maximum absolute atomic E-state index is 12.5. The first-order chi connectivity index (χ1) is 12.8. The van der Waals surface area contributed by atoms with Crippen LogP contribution in [0, 0.1) is 0 Å². The minimum atomic E-state index is 0.0504. The summed E-state index contributed by atoms with van der Waals surface area (Å²) in [5.41, 5.74) is 0.648. The van der Waals surface area contributed by atoms with Crippen LogP contribution in [0.4, 0.5) is 11.6 Å². The van der Waals surface area contributed by atoms with Crippen molar-refractivity contribution in [1.29, 1.82) is 0 Å². The second-order valence-electron chi connectivity index (χ2n) is 6.80. The van der Waals surface area contributed by atoms with E-state index in [0.717, 1.165) is 37.8 Å². The number of carbonyl (C=O) groups is 1. The lowest BCUT2D eigenvalue weighted by Crippen LogP contribution is -2.49. The zero-order chi connectivity index (χ0) is 17.8. The average Bonchev–Trinajstić information content (AvgIpc) is 2.75. The largest absolute Gasteiger partial charge is 0.356 e. The van der Waals surface area contributed by atoms with Gasteiger partial charge in [0.2, 0.25) is 0 Å². The highest BCUT2D eigenvalue weighted by Gasteiger charge is 2.23. The van der Waals surface area contributed by atoms with Gasteiger partial charge in [-0.25, -0.2) is 9.97 Å². The summed E-state index contributed by atoms with van der Waals surface area (Å²) in [7, 11) is 0. The Morgan fingerprint density at radius 2 is 1.58 bits per heavy atom. The summed E-state index contributed by atoms with van der Waals surface area (Å²) in [6, 6.07) is 5.70. The number of pyridine rings is 1. The van der Waals surface area contributed by atoms with Crippen LogP contribution in [0.5, 0.6) is 0 Å². The van der Waals surface area contributed by atoms with E-state index < -0.39 is 0 Å². The number of hydrogen-bond acceptors (Lipinski definition) is 6. The first-order valence-corrected chi connectivity index (χ1v) is 9.32. The van der Waals surface area contributed by atoms with E-state index in [1.54, 1.807) is 24.8 Å². The third-order valence-corrected chi connectivity index (χ3v) is 5.12. The van der Waals surface area contributed by atoms with Gasteiger partial charge in [0, 0.05) is 57.7 Å². The molecule has 0 aromatic carbocycles. The molecule has 4 rings (SSSR count). The third-order valence-electron chi connectivity index (χ3n) is 5.12. The second kappa shape index (κ2) is 7.68. The standard InChI is InChI=1S/C19H24N6O/c26-19(16-5-4-6-20-14-16)25-11-9-24(10-12-25)18-13-17(21-15-22-18)23-7-2-1-3-8-23/h4-6,13-15H,1-3,7-12H2. The zero-order valence-electron chi connectivity index (χ0n) is 14.9. The van der Waals surface area contributed by atoms with Crippen LogP contribution < -0.4 is 9.80 Å². The van der Waals surface area contributed by atoms with Gasteiger partial charge in [-0.3, -0.25) is 9.78 Å². The molecule has 0 bridgehead atoms. The van der Waals surface area contributed by atoms with Crippen LogP contribution in [0.25, 0.3) is 0 Å².